The molecule has 0 spiro atoms. The van der Waals surface area contributed by atoms with Crippen molar-refractivity contribution in [3.8, 4) is 5.75 Å². The summed E-state index contributed by atoms with van der Waals surface area (Å²) in [6.07, 6.45) is 0. The minimum Gasteiger partial charge on any atom is -0.492 e. The lowest BCUT2D eigenvalue weighted by atomic mass is 10.1. The van der Waals surface area contributed by atoms with Gasteiger partial charge in [-0.15, -0.1) is 0 Å². The van der Waals surface area contributed by atoms with Gasteiger partial charge in [-0.05, 0) is 32.0 Å². The quantitative estimate of drug-likeness (QED) is 0.567. The number of amides is 1. The van der Waals surface area contributed by atoms with Gasteiger partial charge < -0.3 is 4.74 Å². The number of hydrogen-bond donors (Lipinski definition) is 0. The van der Waals surface area contributed by atoms with Gasteiger partial charge in [-0.1, -0.05) is 30.0 Å². The number of carbonyl (C=O) groups is 1. The first-order valence-electron chi connectivity index (χ1n) is 8.52. The van der Waals surface area contributed by atoms with Gasteiger partial charge in [0.1, 0.15) is 11.4 Å². The average molecular weight is 385 g/mol. The van der Waals surface area contributed by atoms with Crippen molar-refractivity contribution in [2.24, 2.45) is 4.99 Å². The van der Waals surface area contributed by atoms with Crippen molar-refractivity contribution in [1.29, 1.82) is 0 Å². The van der Waals surface area contributed by atoms with Crippen LogP contribution in [0, 0.1) is 10.1 Å². The van der Waals surface area contributed by atoms with Crippen LogP contribution in [0.4, 0.5) is 11.4 Å². The summed E-state index contributed by atoms with van der Waals surface area (Å²) in [5.74, 6) is 1.05. The van der Waals surface area contributed by atoms with Crippen molar-refractivity contribution in [2.75, 3.05) is 12.4 Å². The number of nitro benzene ring substituents is 1. The third-order valence-electron chi connectivity index (χ3n) is 4.00. The molecule has 0 aliphatic carbocycles. The summed E-state index contributed by atoms with van der Waals surface area (Å²) in [6, 6.07) is 13.1. The molecule has 0 unspecified atom stereocenters. The third kappa shape index (κ3) is 4.11. The van der Waals surface area contributed by atoms with Crippen molar-refractivity contribution >= 4 is 34.2 Å². The zero-order valence-electron chi connectivity index (χ0n) is 15.0. The van der Waals surface area contributed by atoms with Crippen molar-refractivity contribution in [3.05, 3.63) is 64.2 Å². The van der Waals surface area contributed by atoms with Crippen LogP contribution in [0.15, 0.2) is 53.5 Å². The average Bonchev–Trinajstić information content (AvgIpc) is 3.03. The van der Waals surface area contributed by atoms with Crippen LogP contribution >= 0.6 is 11.8 Å². The van der Waals surface area contributed by atoms with Gasteiger partial charge in [-0.2, -0.15) is 0 Å². The molecule has 1 fully saturated rings. The Balaban J connectivity index is 1.95. The Morgan fingerprint density at radius 3 is 2.85 bits per heavy atom. The number of para-hydroxylation sites is 2. The van der Waals surface area contributed by atoms with Gasteiger partial charge in [0.15, 0.2) is 5.17 Å². The van der Waals surface area contributed by atoms with Crippen LogP contribution in [-0.4, -0.2) is 39.3 Å². The summed E-state index contributed by atoms with van der Waals surface area (Å²) in [6.45, 7) is 4.34. The smallest absolute Gasteiger partial charge is 0.270 e. The maximum Gasteiger partial charge on any atom is 0.270 e. The maximum atomic E-state index is 13.0. The van der Waals surface area contributed by atoms with E-state index in [-0.39, 0.29) is 23.2 Å². The van der Waals surface area contributed by atoms with E-state index in [1.54, 1.807) is 11.0 Å². The van der Waals surface area contributed by atoms with Gasteiger partial charge in [0.05, 0.1) is 11.5 Å². The Bertz CT molecular complexity index is 900. The first-order chi connectivity index (χ1) is 13.0. The molecular weight excluding hydrogens is 366 g/mol. The fraction of sp³-hybridized carbons (Fsp3) is 0.263. The van der Waals surface area contributed by atoms with Gasteiger partial charge >= 0.3 is 0 Å². The lowest BCUT2D eigenvalue weighted by Gasteiger charge is -2.21. The van der Waals surface area contributed by atoms with Gasteiger partial charge in [0.2, 0.25) is 0 Å². The highest BCUT2D eigenvalue weighted by Gasteiger charge is 2.33. The van der Waals surface area contributed by atoms with Crippen LogP contribution in [0.1, 0.15) is 24.2 Å². The molecule has 1 amide bonds. The molecule has 8 heteroatoms. The maximum absolute atomic E-state index is 13.0. The Hall–Kier alpha value is -2.87. The van der Waals surface area contributed by atoms with E-state index in [0.717, 1.165) is 0 Å². The van der Waals surface area contributed by atoms with Gasteiger partial charge in [0, 0.05) is 29.5 Å². The summed E-state index contributed by atoms with van der Waals surface area (Å²) in [7, 11) is 0. The topological polar surface area (TPSA) is 85.0 Å². The largest absolute Gasteiger partial charge is 0.492 e. The van der Waals surface area contributed by atoms with E-state index < -0.39 is 4.92 Å². The Morgan fingerprint density at radius 1 is 1.33 bits per heavy atom. The Kier molecular flexibility index (Phi) is 5.75. The van der Waals surface area contributed by atoms with Crippen LogP contribution in [-0.2, 0) is 0 Å². The number of carbonyl (C=O) groups excluding carboxylic acids is 1. The Morgan fingerprint density at radius 2 is 2.11 bits per heavy atom. The second kappa shape index (κ2) is 8.22. The number of nitro groups is 1. The van der Waals surface area contributed by atoms with Gasteiger partial charge in [-0.25, -0.2) is 4.99 Å². The van der Waals surface area contributed by atoms with E-state index in [1.165, 1.54) is 30.0 Å². The fourth-order valence-corrected chi connectivity index (χ4v) is 3.83. The molecule has 2 aromatic rings. The van der Waals surface area contributed by atoms with Crippen molar-refractivity contribution in [3.63, 3.8) is 0 Å². The number of hydrogen-bond acceptors (Lipinski definition) is 6. The SMILES string of the molecule is CCOc1ccccc1N=C1SC[C@H](C)N1C(=O)c1cccc([N+](=O)[O-])c1. The molecule has 3 rings (SSSR count). The number of rotatable bonds is 5. The second-order valence-corrected chi connectivity index (χ2v) is 6.92. The molecule has 1 atom stereocenters. The summed E-state index contributed by atoms with van der Waals surface area (Å²) >= 11 is 1.48. The van der Waals surface area contributed by atoms with Crippen LogP contribution in [0.5, 0.6) is 5.75 Å². The zero-order chi connectivity index (χ0) is 19.4. The lowest BCUT2D eigenvalue weighted by Crippen LogP contribution is -2.37. The summed E-state index contributed by atoms with van der Waals surface area (Å²) in [4.78, 5) is 29.7. The minimum absolute atomic E-state index is 0.0697. The number of non-ortho nitro benzene ring substituents is 1. The van der Waals surface area contributed by atoms with Crippen LogP contribution in [0.3, 0.4) is 0 Å². The van der Waals surface area contributed by atoms with Gasteiger partial charge in [-0.3, -0.25) is 19.8 Å². The van der Waals surface area contributed by atoms with E-state index in [0.29, 0.717) is 29.0 Å². The molecule has 140 valence electrons. The fourth-order valence-electron chi connectivity index (χ4n) is 2.72. The number of benzene rings is 2. The first-order valence-corrected chi connectivity index (χ1v) is 9.51. The molecule has 0 N–H and O–H groups in total. The number of ether oxygens (including phenoxy) is 1. The van der Waals surface area contributed by atoms with E-state index >= 15 is 0 Å². The van der Waals surface area contributed by atoms with Crippen LogP contribution in [0.25, 0.3) is 0 Å². The monoisotopic (exact) mass is 385 g/mol. The van der Waals surface area contributed by atoms with E-state index in [2.05, 4.69) is 4.99 Å². The molecule has 2 aromatic carbocycles. The second-order valence-electron chi connectivity index (χ2n) is 5.94. The highest BCUT2D eigenvalue weighted by molar-refractivity contribution is 8.14. The highest BCUT2D eigenvalue weighted by atomic mass is 32.2. The highest BCUT2D eigenvalue weighted by Crippen LogP contribution is 2.33. The van der Waals surface area contributed by atoms with E-state index in [1.807, 2.05) is 38.1 Å². The Labute approximate surface area is 161 Å². The third-order valence-corrected chi connectivity index (χ3v) is 5.20. The zero-order valence-corrected chi connectivity index (χ0v) is 15.8. The number of nitrogens with zero attached hydrogens (tertiary/aromatic N) is 3. The minimum atomic E-state index is -0.508. The number of aliphatic imine (C=N–C) groups is 1. The normalized spacial score (nSPS) is 17.9. The molecule has 1 aliphatic heterocycles. The van der Waals surface area contributed by atoms with E-state index in [9.17, 15) is 14.9 Å². The van der Waals surface area contributed by atoms with Crippen molar-refractivity contribution in [1.82, 2.24) is 4.90 Å². The molecule has 27 heavy (non-hydrogen) atoms. The molecule has 0 saturated carbocycles. The number of amidine groups is 1. The molecule has 1 heterocycles. The van der Waals surface area contributed by atoms with E-state index in [4.69, 9.17) is 4.74 Å². The van der Waals surface area contributed by atoms with Crippen molar-refractivity contribution < 1.29 is 14.5 Å². The number of thioether (sulfide) groups is 1. The molecule has 0 aromatic heterocycles. The van der Waals surface area contributed by atoms with Crippen LogP contribution < -0.4 is 4.74 Å². The molecule has 0 radical (unpaired) electrons. The predicted octanol–water partition coefficient (Wildman–Crippen LogP) is 4.26. The molecule has 7 nitrogen and oxygen atoms in total. The predicted molar refractivity (Wildman–Crippen MR) is 106 cm³/mol. The summed E-state index contributed by atoms with van der Waals surface area (Å²) in [5.41, 5.74) is 0.803. The standard InChI is InChI=1S/C19H19N3O4S/c1-3-26-17-10-5-4-9-16(17)20-19-21(13(2)12-27-19)18(23)14-7-6-8-15(11-14)22(24)25/h4-11,13H,3,12H2,1-2H3/t13-/m0/s1. The molecular formula is C19H19N3O4S. The summed E-state index contributed by atoms with van der Waals surface area (Å²) in [5, 5.41) is 11.6. The molecule has 0 bridgehead atoms. The van der Waals surface area contributed by atoms with Crippen LogP contribution in [0.2, 0.25) is 0 Å². The summed E-state index contributed by atoms with van der Waals surface area (Å²) < 4.78 is 5.60. The molecule has 1 saturated heterocycles. The molecule has 1 aliphatic rings. The lowest BCUT2D eigenvalue weighted by molar-refractivity contribution is -0.384. The van der Waals surface area contributed by atoms with Crippen molar-refractivity contribution in [2.45, 2.75) is 19.9 Å². The first kappa shape index (κ1) is 18.9. The van der Waals surface area contributed by atoms with Gasteiger partial charge in [0.25, 0.3) is 11.6 Å².